The van der Waals surface area contributed by atoms with Crippen molar-refractivity contribution in [1.82, 2.24) is 29.1 Å². The van der Waals surface area contributed by atoms with Crippen molar-refractivity contribution in [2.24, 2.45) is 20.0 Å². The highest BCUT2D eigenvalue weighted by Gasteiger charge is 2.59. The molecular weight excluding hydrogens is 828 g/mol. The Kier molecular flexibility index (Phi) is 11.6. The van der Waals surface area contributed by atoms with Gasteiger partial charge in [0.1, 0.15) is 29.3 Å². The summed E-state index contributed by atoms with van der Waals surface area (Å²) in [4.78, 5) is 19.0. The van der Waals surface area contributed by atoms with E-state index in [2.05, 4.69) is 40.9 Å². The first-order valence-electron chi connectivity index (χ1n) is 20.6. The lowest BCUT2D eigenvalue weighted by Gasteiger charge is -2.61. The van der Waals surface area contributed by atoms with E-state index in [1.807, 2.05) is 77.6 Å². The van der Waals surface area contributed by atoms with Crippen LogP contribution >= 0.6 is 35.1 Å². The van der Waals surface area contributed by atoms with Crippen LogP contribution < -0.4 is 9.47 Å². The zero-order chi connectivity index (χ0) is 42.4. The molecule has 61 heavy (non-hydrogen) atoms. The van der Waals surface area contributed by atoms with E-state index < -0.39 is 5.97 Å². The molecule has 316 valence electrons. The zero-order valence-corrected chi connectivity index (χ0v) is 37.4. The van der Waals surface area contributed by atoms with Crippen molar-refractivity contribution in [2.45, 2.75) is 73.3 Å². The van der Waals surface area contributed by atoms with Gasteiger partial charge in [-0.3, -0.25) is 14.3 Å². The number of aryl methyl sites for hydroxylation is 4. The van der Waals surface area contributed by atoms with Gasteiger partial charge in [0.25, 0.3) is 0 Å². The van der Waals surface area contributed by atoms with Crippen molar-refractivity contribution in [1.29, 1.82) is 0 Å². The molecule has 7 aromatic rings. The summed E-state index contributed by atoms with van der Waals surface area (Å²) >= 11 is 10.8. The second-order valence-corrected chi connectivity index (χ2v) is 18.7. The van der Waals surface area contributed by atoms with Gasteiger partial charge in [0, 0.05) is 76.6 Å². The summed E-state index contributed by atoms with van der Waals surface area (Å²) in [5.41, 5.74) is 10.3. The number of pyridine rings is 1. The molecule has 3 fully saturated rings. The molecule has 1 N–H and O–H groups in total. The lowest BCUT2D eigenvalue weighted by Crippen LogP contribution is -2.60. The van der Waals surface area contributed by atoms with Crippen LogP contribution in [0.15, 0.2) is 77.8 Å². The molecule has 3 saturated carbocycles. The number of aromatic nitrogens is 6. The molecule has 0 aliphatic heterocycles. The lowest BCUT2D eigenvalue weighted by molar-refractivity contribution is -0.0993. The average Bonchev–Trinajstić information content (AvgIpc) is 3.85. The van der Waals surface area contributed by atoms with E-state index in [4.69, 9.17) is 36.0 Å². The standard InChI is InChI=1S/C47H49ClN6O5S2/c1-28-41(42-38(48)15-14-37-36(9-7-17-55)45(46(56)58-5)52(2)44(37)42)39(54(50-28)47-21-30(22-47)23-47)27-60-25-32-19-33(53(3)51-32)26-61-35-18-31-8-6-16-49-43(31)40(20-35)59-24-29-10-12-34(57-4)13-11-29/h6,8,10-16,18-20,30,55H,7,9,17,21-27H2,1-5H3. The van der Waals surface area contributed by atoms with Gasteiger partial charge >= 0.3 is 5.97 Å². The number of aliphatic hydroxyl groups excluding tert-OH is 1. The van der Waals surface area contributed by atoms with Crippen molar-refractivity contribution in [3.8, 4) is 22.6 Å². The Morgan fingerprint density at radius 1 is 0.984 bits per heavy atom. The zero-order valence-electron chi connectivity index (χ0n) is 35.0. The minimum atomic E-state index is -0.409. The molecule has 10 rings (SSSR count). The minimum absolute atomic E-state index is 0.0235. The monoisotopic (exact) mass is 876 g/mol. The number of carbonyl (C=O) groups is 1. The number of esters is 1. The molecule has 2 bridgehead atoms. The number of hydrogen-bond donors (Lipinski definition) is 1. The smallest absolute Gasteiger partial charge is 0.354 e. The van der Waals surface area contributed by atoms with E-state index in [9.17, 15) is 9.90 Å². The quantitative estimate of drug-likeness (QED) is 0.0700. The van der Waals surface area contributed by atoms with Crippen molar-refractivity contribution >= 4 is 62.9 Å². The maximum absolute atomic E-state index is 13.2. The molecule has 0 amide bonds. The number of halogens is 1. The molecule has 14 heteroatoms. The van der Waals surface area contributed by atoms with Gasteiger partial charge in [-0.05, 0) is 98.5 Å². The average molecular weight is 878 g/mol. The molecule has 0 spiro atoms. The molecule has 4 heterocycles. The molecule has 3 aliphatic rings. The predicted octanol–water partition coefficient (Wildman–Crippen LogP) is 9.82. The van der Waals surface area contributed by atoms with Crippen LogP contribution in [-0.2, 0) is 54.7 Å². The van der Waals surface area contributed by atoms with Gasteiger partial charge in [0.05, 0.1) is 47.4 Å². The Balaban J connectivity index is 0.957. The normalized spacial score (nSPS) is 16.8. The maximum Gasteiger partial charge on any atom is 0.354 e. The number of benzene rings is 3. The molecule has 0 atom stereocenters. The Labute approximate surface area is 368 Å². The van der Waals surface area contributed by atoms with E-state index in [0.717, 1.165) is 120 Å². The Bertz CT molecular complexity index is 2760. The van der Waals surface area contributed by atoms with Gasteiger partial charge in [-0.1, -0.05) is 35.9 Å². The molecule has 0 unspecified atom stereocenters. The third-order valence-electron chi connectivity index (χ3n) is 12.3. The highest BCUT2D eigenvalue weighted by molar-refractivity contribution is 7.98. The lowest BCUT2D eigenvalue weighted by atomic mass is 9.50. The van der Waals surface area contributed by atoms with Crippen LogP contribution in [0.2, 0.25) is 5.02 Å². The number of fused-ring (bicyclic) bond motifs is 2. The third-order valence-corrected chi connectivity index (χ3v) is 14.6. The first kappa shape index (κ1) is 41.4. The van der Waals surface area contributed by atoms with E-state index in [0.29, 0.717) is 35.9 Å². The molecule has 11 nitrogen and oxygen atoms in total. The van der Waals surface area contributed by atoms with Gasteiger partial charge in [0.2, 0.25) is 0 Å². The number of ether oxygens (including phenoxy) is 3. The number of nitrogens with zero attached hydrogens (tertiary/aromatic N) is 6. The maximum atomic E-state index is 13.2. The molecule has 3 aromatic carbocycles. The number of aliphatic hydroxyl groups is 1. The van der Waals surface area contributed by atoms with Gasteiger partial charge in [-0.15, -0.1) is 23.5 Å². The van der Waals surface area contributed by atoms with E-state index in [-0.39, 0.29) is 12.1 Å². The highest BCUT2D eigenvalue weighted by atomic mass is 35.5. The van der Waals surface area contributed by atoms with Gasteiger partial charge in [-0.2, -0.15) is 10.2 Å². The topological polar surface area (TPSA) is 118 Å². The Morgan fingerprint density at radius 2 is 1.79 bits per heavy atom. The predicted molar refractivity (Wildman–Crippen MR) is 243 cm³/mol. The van der Waals surface area contributed by atoms with Crippen LogP contribution in [0.1, 0.15) is 70.1 Å². The molecule has 0 radical (unpaired) electrons. The van der Waals surface area contributed by atoms with Crippen molar-refractivity contribution in [3.05, 3.63) is 118 Å². The number of hydrogen-bond acceptors (Lipinski definition) is 10. The summed E-state index contributed by atoms with van der Waals surface area (Å²) in [7, 11) is 6.98. The van der Waals surface area contributed by atoms with Crippen LogP contribution in [0.4, 0.5) is 0 Å². The summed E-state index contributed by atoms with van der Waals surface area (Å²) < 4.78 is 23.1. The molecule has 0 saturated heterocycles. The second kappa shape index (κ2) is 17.1. The van der Waals surface area contributed by atoms with Crippen LogP contribution in [0.3, 0.4) is 0 Å². The van der Waals surface area contributed by atoms with Gasteiger partial charge < -0.3 is 23.9 Å². The summed E-state index contributed by atoms with van der Waals surface area (Å²) in [6.07, 6.45) is 6.31. The summed E-state index contributed by atoms with van der Waals surface area (Å²) in [6, 6.07) is 22.3. The Morgan fingerprint density at radius 3 is 2.51 bits per heavy atom. The minimum Gasteiger partial charge on any atom is -0.497 e. The van der Waals surface area contributed by atoms with Crippen molar-refractivity contribution in [3.63, 3.8) is 0 Å². The fraction of sp³-hybridized carbons (Fsp3) is 0.362. The first-order valence-corrected chi connectivity index (χ1v) is 23.1. The number of carbonyl (C=O) groups excluding carboxylic acids is 1. The van der Waals surface area contributed by atoms with Crippen LogP contribution in [0.25, 0.3) is 32.9 Å². The molecule has 3 aliphatic carbocycles. The van der Waals surface area contributed by atoms with Crippen LogP contribution in [0.5, 0.6) is 11.5 Å². The van der Waals surface area contributed by atoms with E-state index in [1.54, 1.807) is 25.1 Å². The fourth-order valence-corrected chi connectivity index (χ4v) is 11.4. The number of rotatable bonds is 17. The largest absolute Gasteiger partial charge is 0.497 e. The molecule has 4 aromatic heterocycles. The summed E-state index contributed by atoms with van der Waals surface area (Å²) in [6.45, 7) is 2.52. The SMILES string of the molecule is COC(=O)c1c(CCCO)c2ccc(Cl)c(-c3c(C)nn(C45CC(C4)C5)c3CSCc3cc(CSc4cc(OCc5ccc(OC)cc5)c5ncccc5c4)n(C)n3)c2n1C. The molecular formula is C47H49ClN6O5S2. The number of methoxy groups -OCH3 is 2. The van der Waals surface area contributed by atoms with Crippen molar-refractivity contribution < 1.29 is 24.1 Å². The first-order chi connectivity index (χ1) is 29.6. The summed E-state index contributed by atoms with van der Waals surface area (Å²) in [5.74, 6) is 4.11. The van der Waals surface area contributed by atoms with Crippen molar-refractivity contribution in [2.75, 3.05) is 20.8 Å². The van der Waals surface area contributed by atoms with Gasteiger partial charge in [0.15, 0.2) is 0 Å². The Hall–Kier alpha value is -4.95. The van der Waals surface area contributed by atoms with Gasteiger partial charge in [-0.25, -0.2) is 4.79 Å². The number of thioether (sulfide) groups is 2. The van der Waals surface area contributed by atoms with Crippen LogP contribution in [-0.4, -0.2) is 61.0 Å². The fourth-order valence-electron chi connectivity index (χ4n) is 9.22. The van der Waals surface area contributed by atoms with E-state index >= 15 is 0 Å². The van der Waals surface area contributed by atoms with E-state index in [1.165, 1.54) is 7.11 Å². The third kappa shape index (κ3) is 7.68. The second-order valence-electron chi connectivity index (χ2n) is 16.2. The summed E-state index contributed by atoms with van der Waals surface area (Å²) in [5, 5.41) is 22.5. The highest BCUT2D eigenvalue weighted by Crippen LogP contribution is 2.63. The van der Waals surface area contributed by atoms with Crippen LogP contribution in [0, 0.1) is 12.8 Å².